The molecule has 0 aromatic heterocycles. The molecule has 1 aromatic carbocycles. The fraction of sp³-hybridized carbons (Fsp3) is 0.600. The van der Waals surface area contributed by atoms with Gasteiger partial charge in [0.05, 0.1) is 11.7 Å². The number of alkyl halides is 3. The molecule has 1 atom stereocenters. The molecule has 2 rings (SSSR count). The lowest BCUT2D eigenvalue weighted by Gasteiger charge is -2.24. The van der Waals surface area contributed by atoms with E-state index in [4.69, 9.17) is 0 Å². The van der Waals surface area contributed by atoms with Gasteiger partial charge in [-0.1, -0.05) is 54.1 Å². The Hall–Kier alpha value is -0.550. The molecule has 1 unspecified atom stereocenters. The van der Waals surface area contributed by atoms with E-state index in [1.165, 1.54) is 12.5 Å². The molecule has 0 bridgehead atoms. The summed E-state index contributed by atoms with van der Waals surface area (Å²) in [6.45, 7) is 0. The van der Waals surface area contributed by atoms with Gasteiger partial charge in [0.1, 0.15) is 0 Å². The van der Waals surface area contributed by atoms with Gasteiger partial charge in [0.25, 0.3) is 0 Å². The summed E-state index contributed by atoms with van der Waals surface area (Å²) >= 11 is 2.91. The number of aliphatic hydroxyl groups excluding tert-OH is 1. The second-order valence-corrected chi connectivity index (χ2v) is 6.35. The van der Waals surface area contributed by atoms with Crippen LogP contribution in [0.1, 0.15) is 55.8 Å². The first-order valence-electron chi connectivity index (χ1n) is 6.92. The molecule has 112 valence electrons. The van der Waals surface area contributed by atoms with Crippen LogP contribution in [0.2, 0.25) is 0 Å². The van der Waals surface area contributed by atoms with Crippen LogP contribution in [-0.4, -0.2) is 5.11 Å². The molecule has 20 heavy (non-hydrogen) atoms. The molecule has 0 radical (unpaired) electrons. The summed E-state index contributed by atoms with van der Waals surface area (Å²) in [4.78, 5) is 0. The van der Waals surface area contributed by atoms with E-state index in [1.54, 1.807) is 6.07 Å². The van der Waals surface area contributed by atoms with Crippen molar-refractivity contribution in [2.24, 2.45) is 5.92 Å². The van der Waals surface area contributed by atoms with Crippen LogP contribution in [0.25, 0.3) is 0 Å². The zero-order chi connectivity index (χ0) is 14.8. The Bertz CT molecular complexity index is 453. The maximum Gasteiger partial charge on any atom is 0.417 e. The van der Waals surface area contributed by atoms with Crippen LogP contribution in [0.15, 0.2) is 22.7 Å². The van der Waals surface area contributed by atoms with Gasteiger partial charge >= 0.3 is 6.18 Å². The third-order valence-corrected chi connectivity index (χ3v) is 4.65. The second-order valence-electron chi connectivity index (χ2n) is 5.49. The SMILES string of the molecule is OC(CC1CCCCC1)c1ccc(Br)c(C(F)(F)F)c1. The molecule has 0 saturated heterocycles. The minimum Gasteiger partial charge on any atom is -0.388 e. The van der Waals surface area contributed by atoms with Gasteiger partial charge in [-0.2, -0.15) is 13.2 Å². The summed E-state index contributed by atoms with van der Waals surface area (Å²) in [5.41, 5.74) is -0.371. The van der Waals surface area contributed by atoms with Crippen molar-refractivity contribution in [3.8, 4) is 0 Å². The topological polar surface area (TPSA) is 20.2 Å². The molecule has 0 amide bonds. The largest absolute Gasteiger partial charge is 0.417 e. The highest BCUT2D eigenvalue weighted by atomic mass is 79.9. The van der Waals surface area contributed by atoms with Gasteiger partial charge in [-0.15, -0.1) is 0 Å². The highest BCUT2D eigenvalue weighted by Crippen LogP contribution is 2.38. The molecule has 0 heterocycles. The monoisotopic (exact) mass is 350 g/mol. The van der Waals surface area contributed by atoms with Gasteiger partial charge in [0.2, 0.25) is 0 Å². The van der Waals surface area contributed by atoms with Crippen LogP contribution in [0.5, 0.6) is 0 Å². The number of hydrogen-bond donors (Lipinski definition) is 1. The van der Waals surface area contributed by atoms with E-state index in [1.807, 2.05) is 0 Å². The summed E-state index contributed by atoms with van der Waals surface area (Å²) in [5, 5.41) is 10.2. The van der Waals surface area contributed by atoms with Crippen LogP contribution in [0.3, 0.4) is 0 Å². The van der Waals surface area contributed by atoms with Crippen molar-refractivity contribution in [3.05, 3.63) is 33.8 Å². The standard InChI is InChI=1S/C15H18BrF3O/c16-13-7-6-11(9-12(13)15(17,18)19)14(20)8-10-4-2-1-3-5-10/h6-7,9-10,14,20H,1-5,8H2. The molecule has 1 nitrogen and oxygen atoms in total. The van der Waals surface area contributed by atoms with Gasteiger partial charge in [0.15, 0.2) is 0 Å². The average Bonchev–Trinajstić information content (AvgIpc) is 2.39. The van der Waals surface area contributed by atoms with Crippen molar-refractivity contribution in [3.63, 3.8) is 0 Å². The molecule has 1 fully saturated rings. The van der Waals surface area contributed by atoms with Crippen molar-refractivity contribution < 1.29 is 18.3 Å². The number of hydrogen-bond acceptors (Lipinski definition) is 1. The molecule has 1 aromatic rings. The Labute approximate surface area is 125 Å². The van der Waals surface area contributed by atoms with E-state index in [-0.39, 0.29) is 4.47 Å². The third kappa shape index (κ3) is 3.98. The molecule has 0 spiro atoms. The molecule has 1 saturated carbocycles. The van der Waals surface area contributed by atoms with E-state index in [9.17, 15) is 18.3 Å². The number of aliphatic hydroxyl groups is 1. The number of benzene rings is 1. The first kappa shape index (κ1) is 15.8. The first-order chi connectivity index (χ1) is 9.38. The van der Waals surface area contributed by atoms with Gasteiger partial charge in [0, 0.05) is 4.47 Å². The Balaban J connectivity index is 2.11. The van der Waals surface area contributed by atoms with Crippen molar-refractivity contribution in [2.75, 3.05) is 0 Å². The van der Waals surface area contributed by atoms with Crippen LogP contribution in [0.4, 0.5) is 13.2 Å². The van der Waals surface area contributed by atoms with Crippen molar-refractivity contribution in [2.45, 2.75) is 50.8 Å². The fourth-order valence-corrected chi connectivity index (χ4v) is 3.31. The van der Waals surface area contributed by atoms with Gasteiger partial charge in [-0.25, -0.2) is 0 Å². The van der Waals surface area contributed by atoms with E-state index < -0.39 is 17.8 Å². The second kappa shape index (κ2) is 6.48. The van der Waals surface area contributed by atoms with Crippen molar-refractivity contribution >= 4 is 15.9 Å². The molecule has 1 aliphatic carbocycles. The predicted molar refractivity (Wildman–Crippen MR) is 75.3 cm³/mol. The van der Waals surface area contributed by atoms with Gasteiger partial charge in [-0.05, 0) is 30.0 Å². The lowest BCUT2D eigenvalue weighted by Crippen LogP contribution is -2.12. The van der Waals surface area contributed by atoms with Crippen LogP contribution in [0, 0.1) is 5.92 Å². The smallest absolute Gasteiger partial charge is 0.388 e. The van der Waals surface area contributed by atoms with Gasteiger partial charge < -0.3 is 5.11 Å². The maximum atomic E-state index is 12.8. The summed E-state index contributed by atoms with van der Waals surface area (Å²) < 4.78 is 38.5. The van der Waals surface area contributed by atoms with Crippen molar-refractivity contribution in [1.29, 1.82) is 0 Å². The van der Waals surface area contributed by atoms with E-state index >= 15 is 0 Å². The quantitative estimate of drug-likeness (QED) is 0.765. The maximum absolute atomic E-state index is 12.8. The molecule has 1 aliphatic rings. The zero-order valence-electron chi connectivity index (χ0n) is 11.1. The van der Waals surface area contributed by atoms with E-state index in [2.05, 4.69) is 15.9 Å². The Morgan fingerprint density at radius 3 is 2.45 bits per heavy atom. The summed E-state index contributed by atoms with van der Waals surface area (Å²) in [5.74, 6) is 0.428. The Morgan fingerprint density at radius 1 is 1.20 bits per heavy atom. The lowest BCUT2D eigenvalue weighted by molar-refractivity contribution is -0.138. The molecular weight excluding hydrogens is 333 g/mol. The van der Waals surface area contributed by atoms with Crippen LogP contribution < -0.4 is 0 Å². The summed E-state index contributed by atoms with van der Waals surface area (Å²) in [6.07, 6.45) is 1.02. The average molecular weight is 351 g/mol. The Morgan fingerprint density at radius 2 is 1.85 bits per heavy atom. The summed E-state index contributed by atoms with van der Waals surface area (Å²) in [6, 6.07) is 3.98. The number of halogens is 4. The van der Waals surface area contributed by atoms with E-state index in [0.717, 1.165) is 31.7 Å². The minimum absolute atomic E-state index is 0.0126. The zero-order valence-corrected chi connectivity index (χ0v) is 12.7. The highest BCUT2D eigenvalue weighted by Gasteiger charge is 2.33. The lowest BCUT2D eigenvalue weighted by atomic mass is 9.84. The predicted octanol–water partition coefficient (Wildman–Crippen LogP) is 5.47. The first-order valence-corrected chi connectivity index (χ1v) is 7.72. The summed E-state index contributed by atoms with van der Waals surface area (Å²) in [7, 11) is 0. The molecular formula is C15H18BrF3O. The number of rotatable bonds is 3. The normalized spacial score (nSPS) is 19.1. The van der Waals surface area contributed by atoms with Gasteiger partial charge in [-0.3, -0.25) is 0 Å². The molecule has 1 N–H and O–H groups in total. The molecule has 0 aliphatic heterocycles. The van der Waals surface area contributed by atoms with Crippen molar-refractivity contribution in [1.82, 2.24) is 0 Å². The fourth-order valence-electron chi connectivity index (χ4n) is 2.84. The molecule has 5 heteroatoms. The minimum atomic E-state index is -4.40. The highest BCUT2D eigenvalue weighted by molar-refractivity contribution is 9.10. The van der Waals surface area contributed by atoms with Crippen LogP contribution >= 0.6 is 15.9 Å². The third-order valence-electron chi connectivity index (χ3n) is 3.96. The van der Waals surface area contributed by atoms with Crippen LogP contribution in [-0.2, 0) is 6.18 Å². The Kier molecular flexibility index (Phi) is 5.13. The van der Waals surface area contributed by atoms with E-state index in [0.29, 0.717) is 17.9 Å².